The van der Waals surface area contributed by atoms with Crippen molar-refractivity contribution in [3.63, 3.8) is 0 Å². The molecular weight excluding hydrogens is 620 g/mol. The summed E-state index contributed by atoms with van der Waals surface area (Å²) in [7, 11) is 0. The van der Waals surface area contributed by atoms with Crippen molar-refractivity contribution in [3.05, 3.63) is 41.5 Å². The van der Waals surface area contributed by atoms with Gasteiger partial charge in [0, 0.05) is 17.2 Å². The molecule has 2 saturated heterocycles. The lowest BCUT2D eigenvalue weighted by Crippen LogP contribution is -2.65. The zero-order valence-corrected chi connectivity index (χ0v) is 24.2. The molecule has 0 radical (unpaired) electrons. The summed E-state index contributed by atoms with van der Waals surface area (Å²) in [5.41, 5.74) is 0.0827. The van der Waals surface area contributed by atoms with E-state index in [-0.39, 0.29) is 24.2 Å². The third-order valence-electron chi connectivity index (χ3n) is 7.57. The van der Waals surface area contributed by atoms with Crippen molar-refractivity contribution in [1.29, 1.82) is 0 Å². The predicted molar refractivity (Wildman–Crippen MR) is 150 cm³/mol. The number of benzene rings is 2. The van der Waals surface area contributed by atoms with Crippen LogP contribution in [0.4, 0.5) is 0 Å². The van der Waals surface area contributed by atoms with Crippen LogP contribution in [0.3, 0.4) is 0 Å². The normalized spacial score (nSPS) is 31.6. The molecule has 0 spiro atoms. The second-order valence-corrected chi connectivity index (χ2v) is 10.7. The number of rotatable bonds is 10. The lowest BCUT2D eigenvalue weighted by atomic mass is 9.97. The first-order chi connectivity index (χ1) is 21.7. The quantitative estimate of drug-likeness (QED) is 0.0779. The molecule has 2 aliphatic heterocycles. The van der Waals surface area contributed by atoms with Crippen LogP contribution < -0.4 is 0 Å². The summed E-state index contributed by atoms with van der Waals surface area (Å²) >= 11 is 0. The number of carbonyl (C=O) groups excluding carboxylic acids is 1. The molecule has 0 aromatic heterocycles. The first-order valence-corrected chi connectivity index (χ1v) is 14.0. The van der Waals surface area contributed by atoms with Gasteiger partial charge in [-0.05, 0) is 37.6 Å². The summed E-state index contributed by atoms with van der Waals surface area (Å²) in [5, 5.41) is 111. The van der Waals surface area contributed by atoms with E-state index in [1.54, 1.807) is 0 Å². The number of phenols is 6. The van der Waals surface area contributed by atoms with Crippen LogP contribution >= 0.6 is 0 Å². The number of phenolic OH excluding ortho intramolecular Hbond substituents is 6. The van der Waals surface area contributed by atoms with E-state index in [1.165, 1.54) is 19.1 Å². The second kappa shape index (κ2) is 14.7. The summed E-state index contributed by atoms with van der Waals surface area (Å²) in [6.45, 7) is 0.304. The van der Waals surface area contributed by atoms with E-state index in [1.807, 2.05) is 0 Å². The Morgan fingerprint density at radius 3 is 2.11 bits per heavy atom. The smallest absolute Gasteiger partial charge is 0.331 e. The standard InChI is InChI=1S/C29H36O17/c1-11-18(34)23(39)24(40)29(43-11)46-27-25(41)28(42-9-8-13-3-6-15(32)22(38)20(13)36)44-16(10-30)26(27)45-17(33)7-4-12-2-5-14(31)21(37)19(12)35/h2-7,11,16,18,23-32,34-41H,8-10H2,1H3. The SMILES string of the molecule is CC1OC(OC2C(O)C(OCCc3ccc(O)c(O)c3O)OC(CO)C2OC(=O)C=Cc2ccc(O)c(O)c2O)C(O)C(O)C1O. The molecule has 2 heterocycles. The van der Waals surface area contributed by atoms with Gasteiger partial charge in [-0.15, -0.1) is 0 Å². The summed E-state index contributed by atoms with van der Waals surface area (Å²) in [4.78, 5) is 12.8. The number of hydrogen-bond donors (Lipinski definition) is 11. The van der Waals surface area contributed by atoms with Crippen LogP contribution in [0.1, 0.15) is 18.1 Å². The van der Waals surface area contributed by atoms with E-state index in [2.05, 4.69) is 0 Å². The fourth-order valence-corrected chi connectivity index (χ4v) is 4.91. The van der Waals surface area contributed by atoms with Crippen molar-refractivity contribution >= 4 is 12.0 Å². The largest absolute Gasteiger partial charge is 0.504 e. The van der Waals surface area contributed by atoms with Crippen molar-refractivity contribution in [2.24, 2.45) is 0 Å². The molecule has 0 amide bonds. The van der Waals surface area contributed by atoms with Crippen LogP contribution in [0.2, 0.25) is 0 Å². The lowest BCUT2D eigenvalue weighted by molar-refractivity contribution is -0.357. The number of aliphatic hydroxyl groups excluding tert-OH is 5. The molecule has 2 fully saturated rings. The Morgan fingerprint density at radius 2 is 1.43 bits per heavy atom. The number of hydrogen-bond acceptors (Lipinski definition) is 17. The van der Waals surface area contributed by atoms with Gasteiger partial charge in [-0.25, -0.2) is 4.79 Å². The molecule has 2 aromatic carbocycles. The van der Waals surface area contributed by atoms with Gasteiger partial charge in [0.2, 0.25) is 11.5 Å². The number of aliphatic hydroxyl groups is 5. The zero-order chi connectivity index (χ0) is 33.9. The lowest BCUT2D eigenvalue weighted by Gasteiger charge is -2.46. The van der Waals surface area contributed by atoms with Gasteiger partial charge in [-0.3, -0.25) is 0 Å². The Kier molecular flexibility index (Phi) is 11.1. The van der Waals surface area contributed by atoms with Crippen LogP contribution in [-0.4, -0.2) is 137 Å². The van der Waals surface area contributed by atoms with E-state index in [0.717, 1.165) is 24.3 Å². The van der Waals surface area contributed by atoms with E-state index < -0.39 is 108 Å². The van der Waals surface area contributed by atoms with Gasteiger partial charge in [0.1, 0.15) is 36.6 Å². The van der Waals surface area contributed by atoms with Crippen LogP contribution in [0.25, 0.3) is 6.08 Å². The maximum atomic E-state index is 12.8. The molecule has 2 aliphatic rings. The van der Waals surface area contributed by atoms with Crippen molar-refractivity contribution < 1.29 is 84.7 Å². The molecule has 4 rings (SSSR count). The monoisotopic (exact) mass is 656 g/mol. The highest BCUT2D eigenvalue weighted by Gasteiger charge is 2.52. The molecule has 11 N–H and O–H groups in total. The topological polar surface area (TPSA) is 286 Å². The first-order valence-electron chi connectivity index (χ1n) is 14.0. The highest BCUT2D eigenvalue weighted by atomic mass is 16.7. The van der Waals surface area contributed by atoms with Crippen LogP contribution in [0, 0.1) is 0 Å². The molecule has 10 atom stereocenters. The minimum Gasteiger partial charge on any atom is -0.504 e. The molecule has 0 saturated carbocycles. The summed E-state index contributed by atoms with van der Waals surface area (Å²) in [5.74, 6) is -5.18. The molecule has 17 nitrogen and oxygen atoms in total. The number of carbonyl (C=O) groups is 1. The van der Waals surface area contributed by atoms with Crippen molar-refractivity contribution in [2.75, 3.05) is 13.2 Å². The Morgan fingerprint density at radius 1 is 0.783 bits per heavy atom. The number of ether oxygens (including phenoxy) is 5. The van der Waals surface area contributed by atoms with E-state index in [0.29, 0.717) is 0 Å². The molecule has 0 bridgehead atoms. The minimum atomic E-state index is -1.83. The van der Waals surface area contributed by atoms with Crippen molar-refractivity contribution in [3.8, 4) is 34.5 Å². The summed E-state index contributed by atoms with van der Waals surface area (Å²) in [6.07, 6.45) is -14.1. The molecule has 254 valence electrons. The van der Waals surface area contributed by atoms with Gasteiger partial charge in [0.05, 0.1) is 19.3 Å². The number of esters is 1. The zero-order valence-electron chi connectivity index (χ0n) is 24.2. The minimum absolute atomic E-state index is 0.0590. The molecule has 17 heteroatoms. The predicted octanol–water partition coefficient (Wildman–Crippen LogP) is -1.60. The Bertz CT molecular complexity index is 1400. The second-order valence-electron chi connectivity index (χ2n) is 10.7. The highest BCUT2D eigenvalue weighted by molar-refractivity contribution is 5.88. The fraction of sp³-hybridized carbons (Fsp3) is 0.483. The third kappa shape index (κ3) is 7.38. The Balaban J connectivity index is 1.55. The van der Waals surface area contributed by atoms with Gasteiger partial charge in [0.15, 0.2) is 41.7 Å². The van der Waals surface area contributed by atoms with Gasteiger partial charge in [-0.1, -0.05) is 6.07 Å². The first kappa shape index (κ1) is 35.0. The van der Waals surface area contributed by atoms with Crippen molar-refractivity contribution in [1.82, 2.24) is 0 Å². The molecule has 46 heavy (non-hydrogen) atoms. The maximum absolute atomic E-state index is 12.8. The summed E-state index contributed by atoms with van der Waals surface area (Å²) in [6, 6.07) is 4.71. The van der Waals surface area contributed by atoms with Gasteiger partial charge < -0.3 is 79.9 Å². The highest BCUT2D eigenvalue weighted by Crippen LogP contribution is 2.39. The van der Waals surface area contributed by atoms with Crippen LogP contribution in [0.5, 0.6) is 34.5 Å². The average Bonchev–Trinajstić information content (AvgIpc) is 3.03. The van der Waals surface area contributed by atoms with Gasteiger partial charge in [-0.2, -0.15) is 0 Å². The Labute approximate surface area is 260 Å². The number of aromatic hydroxyl groups is 6. The summed E-state index contributed by atoms with van der Waals surface area (Å²) < 4.78 is 27.9. The molecule has 0 aliphatic carbocycles. The molecular formula is C29H36O17. The van der Waals surface area contributed by atoms with Crippen molar-refractivity contribution in [2.45, 2.75) is 74.8 Å². The molecule has 10 unspecified atom stereocenters. The Hall–Kier alpha value is -3.91. The van der Waals surface area contributed by atoms with E-state index in [9.17, 15) is 61.0 Å². The molecule has 2 aromatic rings. The van der Waals surface area contributed by atoms with Crippen LogP contribution in [-0.2, 0) is 34.9 Å². The maximum Gasteiger partial charge on any atom is 0.331 e. The fourth-order valence-electron chi connectivity index (χ4n) is 4.91. The van der Waals surface area contributed by atoms with Crippen LogP contribution in [0.15, 0.2) is 30.3 Å². The van der Waals surface area contributed by atoms with E-state index >= 15 is 0 Å². The average molecular weight is 657 g/mol. The van der Waals surface area contributed by atoms with Gasteiger partial charge in [0.25, 0.3) is 0 Å². The van der Waals surface area contributed by atoms with E-state index in [4.69, 9.17) is 23.7 Å². The third-order valence-corrected chi connectivity index (χ3v) is 7.57. The van der Waals surface area contributed by atoms with Gasteiger partial charge >= 0.3 is 5.97 Å².